The Balaban J connectivity index is 1.98. The molecule has 0 bridgehead atoms. The maximum atomic E-state index is 8.87. The van der Waals surface area contributed by atoms with E-state index >= 15 is 0 Å². The number of unbranched alkanes of at least 4 members (excludes halogenated alkanes) is 1. The van der Waals surface area contributed by atoms with E-state index in [9.17, 15) is 0 Å². The summed E-state index contributed by atoms with van der Waals surface area (Å²) < 4.78 is 5.56. The third-order valence-electron chi connectivity index (χ3n) is 2.87. The van der Waals surface area contributed by atoms with Crippen molar-refractivity contribution in [3.8, 4) is 6.07 Å². The zero-order valence-corrected chi connectivity index (χ0v) is 11.4. The minimum absolute atomic E-state index is 0.200. The minimum atomic E-state index is -0.200. The monoisotopic (exact) mass is 246 g/mol. The summed E-state index contributed by atoms with van der Waals surface area (Å²) in [4.78, 5) is 4.24. The van der Waals surface area contributed by atoms with Crippen molar-refractivity contribution in [1.29, 1.82) is 5.26 Å². The molecule has 1 rings (SSSR count). The normalized spacial score (nSPS) is 11.2. The predicted molar refractivity (Wildman–Crippen MR) is 72.0 cm³/mol. The fraction of sp³-hybridized carbons (Fsp3) is 0.600. The highest BCUT2D eigenvalue weighted by Gasteiger charge is 2.15. The predicted octanol–water partition coefficient (Wildman–Crippen LogP) is 3.36. The fourth-order valence-electron chi connectivity index (χ4n) is 1.65. The van der Waals surface area contributed by atoms with Crippen molar-refractivity contribution >= 4 is 0 Å². The molecule has 3 nitrogen and oxygen atoms in total. The van der Waals surface area contributed by atoms with Gasteiger partial charge in [-0.15, -0.1) is 0 Å². The van der Waals surface area contributed by atoms with Crippen LogP contribution < -0.4 is 0 Å². The molecule has 0 aromatic carbocycles. The molecule has 18 heavy (non-hydrogen) atoms. The maximum Gasteiger partial charge on any atom is 0.0683 e. The van der Waals surface area contributed by atoms with Gasteiger partial charge in [0, 0.05) is 24.9 Å². The zero-order chi connectivity index (χ0) is 13.3. The summed E-state index contributed by atoms with van der Waals surface area (Å²) in [5.41, 5.74) is 0.872. The van der Waals surface area contributed by atoms with Gasteiger partial charge in [-0.1, -0.05) is 6.07 Å². The van der Waals surface area contributed by atoms with E-state index in [1.165, 1.54) is 0 Å². The van der Waals surface area contributed by atoms with Crippen LogP contribution in [0.5, 0.6) is 0 Å². The van der Waals surface area contributed by atoms with Crippen molar-refractivity contribution in [2.75, 3.05) is 13.2 Å². The lowest BCUT2D eigenvalue weighted by molar-refractivity contribution is 0.130. The molecule has 98 valence electrons. The number of aromatic nitrogens is 1. The largest absolute Gasteiger partial charge is 0.381 e. The molecular formula is C15H22N2O. The summed E-state index contributed by atoms with van der Waals surface area (Å²) in [6.07, 6.45) is 5.68. The van der Waals surface area contributed by atoms with Gasteiger partial charge in [0.05, 0.1) is 18.1 Å². The number of pyridine rings is 1. The molecule has 0 saturated carbocycles. The van der Waals surface area contributed by atoms with E-state index in [2.05, 4.69) is 11.1 Å². The van der Waals surface area contributed by atoms with Gasteiger partial charge in [0.1, 0.15) is 0 Å². The summed E-state index contributed by atoms with van der Waals surface area (Å²) >= 11 is 0. The third kappa shape index (κ3) is 6.36. The van der Waals surface area contributed by atoms with Gasteiger partial charge in [-0.3, -0.25) is 4.98 Å². The average Bonchev–Trinajstić information content (AvgIpc) is 2.39. The Morgan fingerprint density at radius 2 is 2.11 bits per heavy atom. The first-order valence-corrected chi connectivity index (χ1v) is 6.53. The molecular weight excluding hydrogens is 224 g/mol. The Labute approximate surface area is 110 Å². The van der Waals surface area contributed by atoms with Gasteiger partial charge in [-0.05, 0) is 45.2 Å². The van der Waals surface area contributed by atoms with Gasteiger partial charge < -0.3 is 4.74 Å². The first-order valence-electron chi connectivity index (χ1n) is 6.53. The summed E-state index contributed by atoms with van der Waals surface area (Å²) in [5.74, 6) is 0. The summed E-state index contributed by atoms with van der Waals surface area (Å²) in [5, 5.41) is 8.87. The number of hydrogen-bond acceptors (Lipinski definition) is 3. The first kappa shape index (κ1) is 14.7. The van der Waals surface area contributed by atoms with E-state index in [1.54, 1.807) is 6.20 Å². The lowest BCUT2D eigenvalue weighted by Gasteiger charge is -2.14. The van der Waals surface area contributed by atoms with Crippen molar-refractivity contribution in [2.24, 2.45) is 5.41 Å². The van der Waals surface area contributed by atoms with Gasteiger partial charge >= 0.3 is 0 Å². The van der Waals surface area contributed by atoms with Gasteiger partial charge in [-0.25, -0.2) is 0 Å². The quantitative estimate of drug-likeness (QED) is 0.661. The number of rotatable bonds is 8. The summed E-state index contributed by atoms with van der Waals surface area (Å²) in [7, 11) is 0. The third-order valence-corrected chi connectivity index (χ3v) is 2.87. The number of ether oxygens (including phenoxy) is 1. The van der Waals surface area contributed by atoms with E-state index in [1.807, 2.05) is 32.0 Å². The van der Waals surface area contributed by atoms with Crippen LogP contribution in [0.4, 0.5) is 0 Å². The fourth-order valence-corrected chi connectivity index (χ4v) is 1.65. The van der Waals surface area contributed by atoms with E-state index in [-0.39, 0.29) is 5.41 Å². The molecule has 0 saturated heterocycles. The smallest absolute Gasteiger partial charge is 0.0683 e. The summed E-state index contributed by atoms with van der Waals surface area (Å²) in [6, 6.07) is 8.24. The van der Waals surface area contributed by atoms with Crippen LogP contribution in [0.15, 0.2) is 24.4 Å². The molecule has 0 aliphatic rings. The highest BCUT2D eigenvalue weighted by atomic mass is 16.5. The second-order valence-corrected chi connectivity index (χ2v) is 5.14. The van der Waals surface area contributed by atoms with Crippen LogP contribution >= 0.6 is 0 Å². The molecule has 0 fully saturated rings. The van der Waals surface area contributed by atoms with Gasteiger partial charge in [0.2, 0.25) is 0 Å². The molecule has 1 aromatic heterocycles. The van der Waals surface area contributed by atoms with Crippen molar-refractivity contribution in [3.63, 3.8) is 0 Å². The average molecular weight is 246 g/mol. The molecule has 0 N–H and O–H groups in total. The Bertz CT molecular complexity index is 368. The Morgan fingerprint density at radius 1 is 1.28 bits per heavy atom. The van der Waals surface area contributed by atoms with Crippen LogP contribution in [0.3, 0.4) is 0 Å². The van der Waals surface area contributed by atoms with Crippen molar-refractivity contribution in [2.45, 2.75) is 39.5 Å². The van der Waals surface area contributed by atoms with Gasteiger partial charge in [0.25, 0.3) is 0 Å². The van der Waals surface area contributed by atoms with Gasteiger partial charge in [0.15, 0.2) is 0 Å². The van der Waals surface area contributed by atoms with Crippen molar-refractivity contribution < 1.29 is 4.74 Å². The van der Waals surface area contributed by atoms with Crippen LogP contribution in [0.2, 0.25) is 0 Å². The SMILES string of the molecule is CC(C)(C#N)CCCCOCCc1ccccn1. The first-order chi connectivity index (χ1) is 8.64. The molecule has 0 aliphatic heterocycles. The van der Waals surface area contributed by atoms with E-state index in [4.69, 9.17) is 10.00 Å². The van der Waals surface area contributed by atoms with Crippen molar-refractivity contribution in [3.05, 3.63) is 30.1 Å². The van der Waals surface area contributed by atoms with Crippen LogP contribution in [0.25, 0.3) is 0 Å². The molecule has 0 unspecified atom stereocenters. The van der Waals surface area contributed by atoms with Crippen molar-refractivity contribution in [1.82, 2.24) is 4.98 Å². The molecule has 0 aliphatic carbocycles. The molecule has 0 spiro atoms. The Hall–Kier alpha value is -1.40. The van der Waals surface area contributed by atoms with E-state index in [0.29, 0.717) is 0 Å². The Morgan fingerprint density at radius 3 is 2.78 bits per heavy atom. The standard InChI is InChI=1S/C15H22N2O/c1-15(2,13-16)9-4-6-11-18-12-8-14-7-3-5-10-17-14/h3,5,7,10H,4,6,8-9,11-12H2,1-2H3. The highest BCUT2D eigenvalue weighted by molar-refractivity contribution is 5.03. The second-order valence-electron chi connectivity index (χ2n) is 5.14. The summed E-state index contributed by atoms with van der Waals surface area (Å²) in [6.45, 7) is 5.46. The number of hydrogen-bond donors (Lipinski definition) is 0. The zero-order valence-electron chi connectivity index (χ0n) is 11.4. The topological polar surface area (TPSA) is 45.9 Å². The lowest BCUT2D eigenvalue weighted by Crippen LogP contribution is -2.08. The van der Waals surface area contributed by atoms with Crippen LogP contribution in [0, 0.1) is 16.7 Å². The van der Waals surface area contributed by atoms with Crippen LogP contribution in [-0.4, -0.2) is 18.2 Å². The minimum Gasteiger partial charge on any atom is -0.381 e. The van der Waals surface area contributed by atoms with Crippen LogP contribution in [0.1, 0.15) is 38.8 Å². The van der Waals surface area contributed by atoms with Gasteiger partial charge in [-0.2, -0.15) is 5.26 Å². The molecule has 0 atom stereocenters. The lowest BCUT2D eigenvalue weighted by atomic mass is 9.89. The highest BCUT2D eigenvalue weighted by Crippen LogP contribution is 2.21. The Kier molecular flexibility index (Phi) is 6.38. The molecule has 1 heterocycles. The number of nitrogens with zero attached hydrogens (tertiary/aromatic N) is 2. The molecule has 0 radical (unpaired) electrons. The second kappa shape index (κ2) is 7.84. The maximum absolute atomic E-state index is 8.87. The molecule has 0 amide bonds. The molecule has 3 heteroatoms. The number of nitriles is 1. The van der Waals surface area contributed by atoms with E-state index < -0.39 is 0 Å². The van der Waals surface area contributed by atoms with E-state index in [0.717, 1.165) is 44.6 Å². The van der Waals surface area contributed by atoms with Crippen LogP contribution in [-0.2, 0) is 11.2 Å². The molecule has 1 aromatic rings.